The summed E-state index contributed by atoms with van der Waals surface area (Å²) in [6.07, 6.45) is -5.75. The van der Waals surface area contributed by atoms with E-state index in [0.717, 1.165) is 0 Å². The van der Waals surface area contributed by atoms with Crippen molar-refractivity contribution in [1.82, 2.24) is 0 Å². The van der Waals surface area contributed by atoms with Gasteiger partial charge in [-0.05, 0) is 35.4 Å². The van der Waals surface area contributed by atoms with E-state index in [4.69, 9.17) is 23.7 Å². The van der Waals surface area contributed by atoms with Gasteiger partial charge < -0.3 is 59.4 Å². The van der Waals surface area contributed by atoms with Crippen molar-refractivity contribution in [1.29, 1.82) is 0 Å². The normalized spacial score (nSPS) is 25.2. The Morgan fingerprint density at radius 3 is 2.32 bits per heavy atom. The average Bonchev–Trinajstić information content (AvgIpc) is 2.94. The maximum Gasteiger partial charge on any atom is 0.187 e. The first-order valence-corrected chi connectivity index (χ1v) is 11.8. The van der Waals surface area contributed by atoms with E-state index >= 15 is 0 Å². The second-order valence-electron chi connectivity index (χ2n) is 8.56. The summed E-state index contributed by atoms with van der Waals surface area (Å²) in [5, 5.41) is 69.3. The summed E-state index contributed by atoms with van der Waals surface area (Å²) in [7, 11) is 2.82. The Labute approximate surface area is 219 Å². The topological polar surface area (TPSA) is 188 Å². The van der Waals surface area contributed by atoms with E-state index in [1.54, 1.807) is 30.4 Å². The fourth-order valence-electron chi connectivity index (χ4n) is 3.88. The third-order valence-corrected chi connectivity index (χ3v) is 6.06. The second kappa shape index (κ2) is 13.7. The molecule has 210 valence electrons. The minimum absolute atomic E-state index is 0.0157. The molecular formula is C26H34O12. The highest BCUT2D eigenvalue weighted by atomic mass is 16.7. The number of aliphatic hydroxyl groups excluding tert-OH is 6. The SMILES string of the molecule is COc1cc(C(O)C(CO)Oc2ccc(C=CCOC3OC(CO)C(O)C(O)C3O)cc2OC)ccc1O. The molecule has 0 bridgehead atoms. The second-order valence-corrected chi connectivity index (χ2v) is 8.56. The predicted octanol–water partition coefficient (Wildman–Crippen LogP) is -0.288. The van der Waals surface area contributed by atoms with Gasteiger partial charge in [-0.15, -0.1) is 0 Å². The molecule has 7 atom stereocenters. The first-order valence-electron chi connectivity index (χ1n) is 11.8. The number of benzene rings is 2. The number of aromatic hydroxyl groups is 1. The van der Waals surface area contributed by atoms with Crippen molar-refractivity contribution in [2.45, 2.75) is 42.9 Å². The summed E-state index contributed by atoms with van der Waals surface area (Å²) in [5.41, 5.74) is 1.06. The van der Waals surface area contributed by atoms with Crippen LogP contribution in [0.5, 0.6) is 23.0 Å². The molecule has 1 aliphatic rings. The number of hydrogen-bond donors (Lipinski definition) is 7. The average molecular weight is 539 g/mol. The molecule has 2 aromatic rings. The molecule has 7 unspecified atom stereocenters. The fraction of sp³-hybridized carbons (Fsp3) is 0.462. The predicted molar refractivity (Wildman–Crippen MR) is 133 cm³/mol. The van der Waals surface area contributed by atoms with Gasteiger partial charge in [-0.25, -0.2) is 0 Å². The van der Waals surface area contributed by atoms with Gasteiger partial charge in [-0.1, -0.05) is 24.3 Å². The monoisotopic (exact) mass is 538 g/mol. The number of rotatable bonds is 12. The summed E-state index contributed by atoms with van der Waals surface area (Å²) < 4.78 is 27.0. The number of methoxy groups -OCH3 is 2. The third kappa shape index (κ3) is 6.92. The van der Waals surface area contributed by atoms with Crippen molar-refractivity contribution in [2.75, 3.05) is 34.0 Å². The lowest BCUT2D eigenvalue weighted by atomic mass is 9.99. The Kier molecular flexibility index (Phi) is 10.7. The molecule has 0 saturated carbocycles. The van der Waals surface area contributed by atoms with E-state index in [0.29, 0.717) is 16.9 Å². The lowest BCUT2D eigenvalue weighted by molar-refractivity contribution is -0.298. The van der Waals surface area contributed by atoms with Crippen LogP contribution in [-0.2, 0) is 9.47 Å². The Bertz CT molecular complexity index is 1060. The van der Waals surface area contributed by atoms with E-state index < -0.39 is 56.1 Å². The number of ether oxygens (including phenoxy) is 5. The minimum atomic E-state index is -1.52. The molecule has 12 heteroatoms. The molecule has 1 saturated heterocycles. The lowest BCUT2D eigenvalue weighted by Crippen LogP contribution is -2.59. The van der Waals surface area contributed by atoms with Crippen LogP contribution in [0.2, 0.25) is 0 Å². The maximum atomic E-state index is 10.7. The summed E-state index contributed by atoms with van der Waals surface area (Å²) in [4.78, 5) is 0. The van der Waals surface area contributed by atoms with Gasteiger partial charge in [0, 0.05) is 0 Å². The van der Waals surface area contributed by atoms with Crippen LogP contribution < -0.4 is 14.2 Å². The van der Waals surface area contributed by atoms with Crippen LogP contribution in [0.1, 0.15) is 17.2 Å². The van der Waals surface area contributed by atoms with Gasteiger partial charge in [0.2, 0.25) is 0 Å². The lowest BCUT2D eigenvalue weighted by Gasteiger charge is -2.39. The van der Waals surface area contributed by atoms with Crippen LogP contribution in [-0.4, -0.2) is 107 Å². The van der Waals surface area contributed by atoms with Crippen LogP contribution in [0.3, 0.4) is 0 Å². The standard InChI is InChI=1S/C26H34O12/c1-34-18-11-15(6-7-16(18)29)22(30)20(12-27)37-17-8-5-14(10-19(17)35-2)4-3-9-36-26-25(33)24(32)23(31)21(13-28)38-26/h3-8,10-11,20-33H,9,12-13H2,1-2H3. The highest BCUT2D eigenvalue weighted by Crippen LogP contribution is 2.34. The molecule has 1 aliphatic heterocycles. The summed E-state index contributed by atoms with van der Waals surface area (Å²) in [6.45, 7) is -1.07. The van der Waals surface area contributed by atoms with E-state index in [-0.39, 0.29) is 23.9 Å². The minimum Gasteiger partial charge on any atom is -0.504 e. The molecule has 0 aromatic heterocycles. The van der Waals surface area contributed by atoms with Crippen LogP contribution in [0.4, 0.5) is 0 Å². The molecule has 2 aromatic carbocycles. The van der Waals surface area contributed by atoms with Gasteiger partial charge in [0.25, 0.3) is 0 Å². The van der Waals surface area contributed by atoms with Crippen molar-refractivity contribution in [3.05, 3.63) is 53.6 Å². The van der Waals surface area contributed by atoms with Crippen LogP contribution >= 0.6 is 0 Å². The molecule has 0 spiro atoms. The zero-order valence-electron chi connectivity index (χ0n) is 21.0. The van der Waals surface area contributed by atoms with Crippen molar-refractivity contribution in [2.24, 2.45) is 0 Å². The molecule has 7 N–H and O–H groups in total. The van der Waals surface area contributed by atoms with E-state index in [9.17, 15) is 35.7 Å². The molecule has 1 heterocycles. The largest absolute Gasteiger partial charge is 0.504 e. The number of aliphatic hydroxyl groups is 6. The molecule has 12 nitrogen and oxygen atoms in total. The fourth-order valence-corrected chi connectivity index (χ4v) is 3.88. The molecule has 3 rings (SSSR count). The zero-order valence-corrected chi connectivity index (χ0v) is 21.0. The van der Waals surface area contributed by atoms with Crippen LogP contribution in [0, 0.1) is 0 Å². The van der Waals surface area contributed by atoms with Gasteiger partial charge in [0.1, 0.15) is 30.5 Å². The van der Waals surface area contributed by atoms with E-state index in [1.807, 2.05) is 0 Å². The number of phenolic OH excluding ortho intramolecular Hbond substituents is 1. The Hall–Kier alpha value is -2.94. The third-order valence-electron chi connectivity index (χ3n) is 6.06. The smallest absolute Gasteiger partial charge is 0.187 e. The number of phenols is 1. The summed E-state index contributed by atoms with van der Waals surface area (Å²) >= 11 is 0. The highest BCUT2D eigenvalue weighted by Gasteiger charge is 2.43. The molecule has 1 fully saturated rings. The molecule has 0 radical (unpaired) electrons. The summed E-state index contributed by atoms with van der Waals surface area (Å²) in [6, 6.07) is 9.27. The first-order chi connectivity index (χ1) is 18.2. The van der Waals surface area contributed by atoms with Gasteiger partial charge in [-0.3, -0.25) is 0 Å². The van der Waals surface area contributed by atoms with Crippen molar-refractivity contribution in [3.63, 3.8) is 0 Å². The quantitative estimate of drug-likeness (QED) is 0.187. The zero-order chi connectivity index (χ0) is 27.8. The van der Waals surface area contributed by atoms with Crippen molar-refractivity contribution in [3.8, 4) is 23.0 Å². The van der Waals surface area contributed by atoms with Crippen LogP contribution in [0.25, 0.3) is 6.08 Å². The summed E-state index contributed by atoms with van der Waals surface area (Å²) in [5.74, 6) is 0.679. The first kappa shape index (κ1) is 29.6. The van der Waals surface area contributed by atoms with Gasteiger partial charge in [0.15, 0.2) is 35.4 Å². The Balaban J connectivity index is 1.63. The highest BCUT2D eigenvalue weighted by molar-refractivity contribution is 5.56. The Morgan fingerprint density at radius 1 is 0.921 bits per heavy atom. The van der Waals surface area contributed by atoms with Crippen molar-refractivity contribution < 1.29 is 59.4 Å². The van der Waals surface area contributed by atoms with Gasteiger partial charge >= 0.3 is 0 Å². The molecular weight excluding hydrogens is 504 g/mol. The van der Waals surface area contributed by atoms with Crippen molar-refractivity contribution >= 4 is 6.08 Å². The van der Waals surface area contributed by atoms with E-state index in [1.165, 1.54) is 32.4 Å². The van der Waals surface area contributed by atoms with Gasteiger partial charge in [0.05, 0.1) is 34.0 Å². The van der Waals surface area contributed by atoms with E-state index in [2.05, 4.69) is 0 Å². The maximum absolute atomic E-state index is 10.7. The molecule has 38 heavy (non-hydrogen) atoms. The molecule has 0 aliphatic carbocycles. The Morgan fingerprint density at radius 2 is 1.66 bits per heavy atom. The molecule has 0 amide bonds. The number of hydrogen-bond acceptors (Lipinski definition) is 12. The van der Waals surface area contributed by atoms with Crippen LogP contribution in [0.15, 0.2) is 42.5 Å². The van der Waals surface area contributed by atoms with Gasteiger partial charge in [-0.2, -0.15) is 0 Å².